The van der Waals surface area contributed by atoms with Crippen LogP contribution in [-0.4, -0.2) is 38.1 Å². The lowest BCUT2D eigenvalue weighted by Crippen LogP contribution is -2.10. The number of esters is 1. The van der Waals surface area contributed by atoms with Gasteiger partial charge in [0.05, 0.1) is 38.2 Å². The molecule has 0 fully saturated rings. The first kappa shape index (κ1) is 21.9. The fourth-order valence-corrected chi connectivity index (χ4v) is 3.50. The first-order chi connectivity index (χ1) is 15.9. The molecule has 8 nitrogen and oxygen atoms in total. The number of carbonyl (C=O) groups is 2. The summed E-state index contributed by atoms with van der Waals surface area (Å²) in [5.41, 5.74) is 1.84. The van der Waals surface area contributed by atoms with Crippen molar-refractivity contribution in [3.63, 3.8) is 0 Å². The van der Waals surface area contributed by atoms with Gasteiger partial charge in [-0.3, -0.25) is 9.78 Å². The summed E-state index contributed by atoms with van der Waals surface area (Å²) in [7, 11) is 4.39. The Kier molecular flexibility index (Phi) is 5.99. The SMILES string of the molecule is COc1cc(C(=O)Oc2cc(C)c3c(c2)O/C(=C\c2ccccn2)C3=O)cc(OC)c1OC. The van der Waals surface area contributed by atoms with E-state index in [4.69, 9.17) is 23.7 Å². The molecular weight excluding hydrogens is 426 g/mol. The van der Waals surface area contributed by atoms with Crippen molar-refractivity contribution in [1.29, 1.82) is 0 Å². The average molecular weight is 447 g/mol. The van der Waals surface area contributed by atoms with Crippen LogP contribution >= 0.6 is 0 Å². The third-order valence-corrected chi connectivity index (χ3v) is 5.02. The predicted octanol–water partition coefficient (Wildman–Crippen LogP) is 4.25. The van der Waals surface area contributed by atoms with Crippen LogP contribution in [0.4, 0.5) is 0 Å². The summed E-state index contributed by atoms with van der Waals surface area (Å²) in [6.07, 6.45) is 3.20. The molecular formula is C25H21NO7. The molecule has 168 valence electrons. The van der Waals surface area contributed by atoms with Crippen LogP contribution < -0.4 is 23.7 Å². The first-order valence-corrected chi connectivity index (χ1v) is 9.97. The third kappa shape index (κ3) is 4.23. The Morgan fingerprint density at radius 3 is 2.33 bits per heavy atom. The lowest BCUT2D eigenvalue weighted by Gasteiger charge is -2.14. The normalized spacial score (nSPS) is 13.3. The van der Waals surface area contributed by atoms with Gasteiger partial charge in [-0.05, 0) is 42.8 Å². The second-order valence-electron chi connectivity index (χ2n) is 7.11. The molecule has 0 bridgehead atoms. The molecule has 2 heterocycles. The number of rotatable bonds is 6. The highest BCUT2D eigenvalue weighted by molar-refractivity contribution is 6.15. The third-order valence-electron chi connectivity index (χ3n) is 5.02. The summed E-state index contributed by atoms with van der Waals surface area (Å²) >= 11 is 0. The number of benzene rings is 2. The number of allylic oxidation sites excluding steroid dienone is 1. The van der Waals surface area contributed by atoms with E-state index in [1.165, 1.54) is 39.5 Å². The van der Waals surface area contributed by atoms with Crippen molar-refractivity contribution in [2.24, 2.45) is 0 Å². The maximum Gasteiger partial charge on any atom is 0.343 e. The average Bonchev–Trinajstić information content (AvgIpc) is 3.13. The topological polar surface area (TPSA) is 93.2 Å². The number of hydrogen-bond acceptors (Lipinski definition) is 8. The molecule has 0 spiro atoms. The number of carbonyl (C=O) groups excluding carboxylic acids is 2. The molecule has 0 aliphatic carbocycles. The zero-order valence-corrected chi connectivity index (χ0v) is 18.5. The Hall–Kier alpha value is -4.33. The lowest BCUT2D eigenvalue weighted by atomic mass is 10.0. The maximum absolute atomic E-state index is 12.8. The van der Waals surface area contributed by atoms with Gasteiger partial charge in [0, 0.05) is 18.3 Å². The van der Waals surface area contributed by atoms with E-state index in [-0.39, 0.29) is 22.9 Å². The first-order valence-electron chi connectivity index (χ1n) is 9.97. The number of methoxy groups -OCH3 is 3. The zero-order valence-electron chi connectivity index (χ0n) is 18.5. The molecule has 33 heavy (non-hydrogen) atoms. The highest BCUT2D eigenvalue weighted by Crippen LogP contribution is 2.40. The molecule has 2 aromatic carbocycles. The van der Waals surface area contributed by atoms with Gasteiger partial charge in [-0.1, -0.05) is 6.07 Å². The standard InChI is InChI=1S/C25H21NO7/c1-14-9-17(32-25(28)15-10-20(29-2)24(31-4)21(11-15)30-3)13-18-22(14)23(27)19(33-18)12-16-7-5-6-8-26-16/h5-13H,1-4H3/b19-12-. The van der Waals surface area contributed by atoms with Crippen molar-refractivity contribution < 1.29 is 33.3 Å². The molecule has 1 aliphatic rings. The number of Topliss-reactive ketones (excluding diaryl/α,β-unsaturated/α-hetero) is 1. The van der Waals surface area contributed by atoms with Crippen LogP contribution in [-0.2, 0) is 0 Å². The summed E-state index contributed by atoms with van der Waals surface area (Å²) in [5.74, 6) is 0.827. The van der Waals surface area contributed by atoms with E-state index >= 15 is 0 Å². The largest absolute Gasteiger partial charge is 0.493 e. The summed E-state index contributed by atoms with van der Waals surface area (Å²) < 4.78 is 27.2. The van der Waals surface area contributed by atoms with E-state index in [2.05, 4.69) is 4.98 Å². The fourth-order valence-electron chi connectivity index (χ4n) is 3.50. The van der Waals surface area contributed by atoms with E-state index in [0.29, 0.717) is 39.8 Å². The highest BCUT2D eigenvalue weighted by Gasteiger charge is 2.30. The number of ketones is 1. The molecule has 0 radical (unpaired) electrons. The van der Waals surface area contributed by atoms with Crippen molar-refractivity contribution >= 4 is 17.8 Å². The Labute approximate surface area is 190 Å². The number of pyridine rings is 1. The smallest absolute Gasteiger partial charge is 0.343 e. The van der Waals surface area contributed by atoms with E-state index in [1.807, 2.05) is 6.07 Å². The minimum absolute atomic E-state index is 0.153. The number of ether oxygens (including phenoxy) is 5. The Morgan fingerprint density at radius 2 is 1.73 bits per heavy atom. The number of hydrogen-bond donors (Lipinski definition) is 0. The molecule has 0 unspecified atom stereocenters. The van der Waals surface area contributed by atoms with Crippen molar-refractivity contribution in [2.75, 3.05) is 21.3 Å². The van der Waals surface area contributed by atoms with Gasteiger partial charge in [0.1, 0.15) is 11.5 Å². The number of aryl methyl sites for hydroxylation is 1. The highest BCUT2D eigenvalue weighted by atomic mass is 16.5. The minimum Gasteiger partial charge on any atom is -0.493 e. The molecule has 4 rings (SSSR count). The van der Waals surface area contributed by atoms with Crippen LogP contribution in [0.25, 0.3) is 6.08 Å². The van der Waals surface area contributed by atoms with Gasteiger partial charge in [-0.15, -0.1) is 0 Å². The second kappa shape index (κ2) is 9.04. The van der Waals surface area contributed by atoms with Gasteiger partial charge in [0.2, 0.25) is 11.5 Å². The number of nitrogens with zero attached hydrogens (tertiary/aromatic N) is 1. The summed E-state index contributed by atoms with van der Waals surface area (Å²) in [4.78, 5) is 29.8. The van der Waals surface area contributed by atoms with Crippen LogP contribution in [0.15, 0.2) is 54.4 Å². The zero-order chi connectivity index (χ0) is 23.5. The molecule has 0 amide bonds. The van der Waals surface area contributed by atoms with Crippen LogP contribution in [0.3, 0.4) is 0 Å². The van der Waals surface area contributed by atoms with Gasteiger partial charge in [0.25, 0.3) is 0 Å². The van der Waals surface area contributed by atoms with Crippen molar-refractivity contribution in [3.05, 3.63) is 76.8 Å². The molecule has 1 aromatic heterocycles. The van der Waals surface area contributed by atoms with E-state index in [1.54, 1.807) is 37.4 Å². The molecule has 0 saturated carbocycles. The quantitative estimate of drug-likeness (QED) is 0.315. The Balaban J connectivity index is 1.62. The van der Waals surface area contributed by atoms with Crippen LogP contribution in [0, 0.1) is 6.92 Å². The number of aromatic nitrogens is 1. The Bertz CT molecular complexity index is 1240. The predicted molar refractivity (Wildman–Crippen MR) is 119 cm³/mol. The summed E-state index contributed by atoms with van der Waals surface area (Å²) in [6.45, 7) is 1.75. The van der Waals surface area contributed by atoms with Gasteiger partial charge in [-0.2, -0.15) is 0 Å². The molecule has 8 heteroatoms. The minimum atomic E-state index is -0.637. The van der Waals surface area contributed by atoms with Crippen LogP contribution in [0.5, 0.6) is 28.7 Å². The fraction of sp³-hybridized carbons (Fsp3) is 0.160. The van der Waals surface area contributed by atoms with Crippen LogP contribution in [0.1, 0.15) is 32.0 Å². The van der Waals surface area contributed by atoms with E-state index in [0.717, 1.165) is 0 Å². The lowest BCUT2D eigenvalue weighted by molar-refractivity contribution is 0.0733. The monoisotopic (exact) mass is 447 g/mol. The second-order valence-corrected chi connectivity index (χ2v) is 7.11. The van der Waals surface area contributed by atoms with Crippen molar-refractivity contribution in [3.8, 4) is 28.7 Å². The molecule has 0 N–H and O–H groups in total. The van der Waals surface area contributed by atoms with Crippen molar-refractivity contribution in [1.82, 2.24) is 4.98 Å². The molecule has 0 atom stereocenters. The van der Waals surface area contributed by atoms with Crippen LogP contribution in [0.2, 0.25) is 0 Å². The molecule has 1 aliphatic heterocycles. The number of fused-ring (bicyclic) bond motifs is 1. The van der Waals surface area contributed by atoms with Crippen molar-refractivity contribution in [2.45, 2.75) is 6.92 Å². The Morgan fingerprint density at radius 1 is 1.00 bits per heavy atom. The van der Waals surface area contributed by atoms with Gasteiger partial charge < -0.3 is 23.7 Å². The van der Waals surface area contributed by atoms with Gasteiger partial charge in [0.15, 0.2) is 17.3 Å². The van der Waals surface area contributed by atoms with E-state index in [9.17, 15) is 9.59 Å². The van der Waals surface area contributed by atoms with Gasteiger partial charge >= 0.3 is 5.97 Å². The maximum atomic E-state index is 12.8. The summed E-state index contributed by atoms with van der Waals surface area (Å²) in [5, 5.41) is 0. The molecule has 0 saturated heterocycles. The van der Waals surface area contributed by atoms with Gasteiger partial charge in [-0.25, -0.2) is 4.79 Å². The van der Waals surface area contributed by atoms with E-state index < -0.39 is 5.97 Å². The summed E-state index contributed by atoms with van der Waals surface area (Å²) in [6, 6.07) is 11.5. The molecule has 3 aromatic rings.